The SMILES string of the molecule is CC(C)(C)OC(=O)N1CCCC1CCNCc1ncc(Cl)s1. The van der Waals surface area contributed by atoms with Crippen molar-refractivity contribution in [2.75, 3.05) is 13.1 Å². The average molecular weight is 346 g/mol. The predicted molar refractivity (Wildman–Crippen MR) is 89.4 cm³/mol. The molecule has 1 aromatic heterocycles. The van der Waals surface area contributed by atoms with Gasteiger partial charge >= 0.3 is 6.09 Å². The fourth-order valence-corrected chi connectivity index (χ4v) is 3.46. The van der Waals surface area contributed by atoms with Crippen LogP contribution >= 0.6 is 22.9 Å². The normalized spacial score (nSPS) is 18.7. The summed E-state index contributed by atoms with van der Waals surface area (Å²) in [4.78, 5) is 18.3. The predicted octanol–water partition coefficient (Wildman–Crippen LogP) is 3.68. The Hall–Kier alpha value is -0.850. The summed E-state index contributed by atoms with van der Waals surface area (Å²) in [5.41, 5.74) is -0.438. The van der Waals surface area contributed by atoms with E-state index in [9.17, 15) is 4.79 Å². The van der Waals surface area contributed by atoms with Crippen LogP contribution in [-0.2, 0) is 11.3 Å². The molecule has 0 bridgehead atoms. The standard InChI is InChI=1S/C15H24ClN3O2S/c1-15(2,3)21-14(20)19-8-4-5-11(19)6-7-17-10-13-18-9-12(16)22-13/h9,11,17H,4-8,10H2,1-3H3. The Morgan fingerprint density at radius 1 is 1.59 bits per heavy atom. The van der Waals surface area contributed by atoms with E-state index in [1.54, 1.807) is 6.20 Å². The van der Waals surface area contributed by atoms with Crippen molar-refractivity contribution in [1.29, 1.82) is 0 Å². The monoisotopic (exact) mass is 345 g/mol. The molecule has 1 aliphatic rings. The van der Waals surface area contributed by atoms with Crippen LogP contribution in [0, 0.1) is 0 Å². The quantitative estimate of drug-likeness (QED) is 0.827. The smallest absolute Gasteiger partial charge is 0.410 e. The first kappa shape index (κ1) is 17.5. The first-order valence-electron chi connectivity index (χ1n) is 7.66. The van der Waals surface area contributed by atoms with E-state index in [-0.39, 0.29) is 12.1 Å². The van der Waals surface area contributed by atoms with Gasteiger partial charge in [-0.1, -0.05) is 11.6 Å². The first-order valence-corrected chi connectivity index (χ1v) is 8.85. The molecule has 2 rings (SSSR count). The van der Waals surface area contributed by atoms with Crippen LogP contribution in [0.4, 0.5) is 4.79 Å². The first-order chi connectivity index (χ1) is 10.3. The van der Waals surface area contributed by atoms with Gasteiger partial charge in [-0.2, -0.15) is 0 Å². The number of halogens is 1. The molecular weight excluding hydrogens is 322 g/mol. The number of thiazole rings is 1. The highest BCUT2D eigenvalue weighted by Crippen LogP contribution is 2.23. The van der Waals surface area contributed by atoms with E-state index in [1.807, 2.05) is 25.7 Å². The second kappa shape index (κ2) is 7.62. The van der Waals surface area contributed by atoms with Crippen molar-refractivity contribution >= 4 is 29.0 Å². The van der Waals surface area contributed by atoms with Crippen molar-refractivity contribution in [1.82, 2.24) is 15.2 Å². The maximum atomic E-state index is 12.2. The number of hydrogen-bond acceptors (Lipinski definition) is 5. The summed E-state index contributed by atoms with van der Waals surface area (Å²) in [6.45, 7) is 8.06. The van der Waals surface area contributed by atoms with Crippen molar-refractivity contribution in [3.63, 3.8) is 0 Å². The fraction of sp³-hybridized carbons (Fsp3) is 0.733. The molecule has 1 N–H and O–H groups in total. The number of nitrogens with zero attached hydrogens (tertiary/aromatic N) is 2. The number of carbonyl (C=O) groups is 1. The zero-order chi connectivity index (χ0) is 16.2. The van der Waals surface area contributed by atoms with Crippen LogP contribution in [0.1, 0.15) is 45.0 Å². The molecule has 1 fully saturated rings. The van der Waals surface area contributed by atoms with Crippen molar-refractivity contribution < 1.29 is 9.53 Å². The van der Waals surface area contributed by atoms with Crippen LogP contribution < -0.4 is 5.32 Å². The summed E-state index contributed by atoms with van der Waals surface area (Å²) in [7, 11) is 0. The molecule has 1 aromatic rings. The second-order valence-corrected chi connectivity index (χ2v) is 8.24. The lowest BCUT2D eigenvalue weighted by Gasteiger charge is -2.28. The molecule has 1 aliphatic heterocycles. The van der Waals surface area contributed by atoms with Gasteiger partial charge in [0.25, 0.3) is 0 Å². The highest BCUT2D eigenvalue weighted by molar-refractivity contribution is 7.15. The van der Waals surface area contributed by atoms with Gasteiger partial charge in [-0.3, -0.25) is 0 Å². The molecule has 0 aromatic carbocycles. The Labute approximate surface area is 141 Å². The van der Waals surface area contributed by atoms with E-state index in [4.69, 9.17) is 16.3 Å². The van der Waals surface area contributed by atoms with E-state index >= 15 is 0 Å². The van der Waals surface area contributed by atoms with Crippen LogP contribution in [0.25, 0.3) is 0 Å². The van der Waals surface area contributed by atoms with Gasteiger partial charge in [0, 0.05) is 19.1 Å². The number of carbonyl (C=O) groups excluding carboxylic acids is 1. The number of likely N-dealkylation sites (tertiary alicyclic amines) is 1. The molecule has 1 atom stereocenters. The molecule has 1 unspecified atom stereocenters. The molecule has 1 saturated heterocycles. The number of rotatable bonds is 5. The van der Waals surface area contributed by atoms with Gasteiger partial charge in [0.2, 0.25) is 0 Å². The number of aromatic nitrogens is 1. The van der Waals surface area contributed by atoms with Gasteiger partial charge in [0.1, 0.15) is 14.9 Å². The number of hydrogen-bond donors (Lipinski definition) is 1. The Balaban J connectivity index is 1.73. The van der Waals surface area contributed by atoms with Crippen LogP contribution in [-0.4, -0.2) is 40.7 Å². The highest BCUT2D eigenvalue weighted by Gasteiger charge is 2.31. The third-order valence-corrected chi connectivity index (χ3v) is 4.58. The van der Waals surface area contributed by atoms with Crippen molar-refractivity contribution in [3.05, 3.63) is 15.5 Å². The molecule has 2 heterocycles. The summed E-state index contributed by atoms with van der Waals surface area (Å²) < 4.78 is 6.19. The maximum absolute atomic E-state index is 12.2. The Morgan fingerprint density at radius 3 is 3.00 bits per heavy atom. The number of nitrogens with one attached hydrogen (secondary N) is 1. The number of ether oxygens (including phenoxy) is 1. The minimum atomic E-state index is -0.438. The fourth-order valence-electron chi connectivity index (χ4n) is 2.53. The lowest BCUT2D eigenvalue weighted by molar-refractivity contribution is 0.0220. The topological polar surface area (TPSA) is 54.5 Å². The van der Waals surface area contributed by atoms with Gasteiger partial charge in [-0.15, -0.1) is 11.3 Å². The largest absolute Gasteiger partial charge is 0.444 e. The Bertz CT molecular complexity index is 501. The van der Waals surface area contributed by atoms with E-state index in [1.165, 1.54) is 11.3 Å². The summed E-state index contributed by atoms with van der Waals surface area (Å²) in [6, 6.07) is 0.266. The summed E-state index contributed by atoms with van der Waals surface area (Å²) in [5.74, 6) is 0. The van der Waals surface area contributed by atoms with Crippen LogP contribution in [0.5, 0.6) is 0 Å². The molecule has 22 heavy (non-hydrogen) atoms. The molecule has 0 aliphatic carbocycles. The average Bonchev–Trinajstić information content (AvgIpc) is 3.01. The molecule has 0 spiro atoms. The van der Waals surface area contributed by atoms with Crippen molar-refractivity contribution in [2.24, 2.45) is 0 Å². The molecule has 7 heteroatoms. The zero-order valence-corrected chi connectivity index (χ0v) is 15.0. The Morgan fingerprint density at radius 2 is 2.36 bits per heavy atom. The van der Waals surface area contributed by atoms with E-state index in [2.05, 4.69) is 10.3 Å². The van der Waals surface area contributed by atoms with Gasteiger partial charge in [0.15, 0.2) is 0 Å². The summed E-state index contributed by atoms with van der Waals surface area (Å²) in [5, 5.41) is 4.35. The van der Waals surface area contributed by atoms with Crippen LogP contribution in [0.2, 0.25) is 4.34 Å². The van der Waals surface area contributed by atoms with Gasteiger partial charge < -0.3 is 15.0 Å². The highest BCUT2D eigenvalue weighted by atomic mass is 35.5. The van der Waals surface area contributed by atoms with Crippen LogP contribution in [0.15, 0.2) is 6.20 Å². The minimum absolute atomic E-state index is 0.193. The third kappa shape index (κ3) is 5.41. The van der Waals surface area contributed by atoms with Gasteiger partial charge in [0.05, 0.1) is 6.20 Å². The maximum Gasteiger partial charge on any atom is 0.410 e. The number of amides is 1. The van der Waals surface area contributed by atoms with E-state index < -0.39 is 5.60 Å². The molecule has 124 valence electrons. The Kier molecular flexibility index (Phi) is 6.06. The molecule has 0 saturated carbocycles. The van der Waals surface area contributed by atoms with Gasteiger partial charge in [-0.25, -0.2) is 9.78 Å². The molecular formula is C15H24ClN3O2S. The van der Waals surface area contributed by atoms with Gasteiger partial charge in [-0.05, 0) is 46.6 Å². The van der Waals surface area contributed by atoms with E-state index in [0.29, 0.717) is 4.34 Å². The summed E-state index contributed by atoms with van der Waals surface area (Å²) >= 11 is 7.34. The third-order valence-electron chi connectivity index (χ3n) is 3.46. The lowest BCUT2D eigenvalue weighted by atomic mass is 10.1. The van der Waals surface area contributed by atoms with Crippen molar-refractivity contribution in [3.8, 4) is 0 Å². The molecule has 1 amide bonds. The van der Waals surface area contributed by atoms with E-state index in [0.717, 1.165) is 43.9 Å². The zero-order valence-electron chi connectivity index (χ0n) is 13.4. The minimum Gasteiger partial charge on any atom is -0.444 e. The van der Waals surface area contributed by atoms with Crippen LogP contribution in [0.3, 0.4) is 0 Å². The summed E-state index contributed by atoms with van der Waals surface area (Å²) in [6.07, 6.45) is 4.50. The second-order valence-electron chi connectivity index (χ2n) is 6.49. The molecule has 5 nitrogen and oxygen atoms in total. The lowest BCUT2D eigenvalue weighted by Crippen LogP contribution is -2.40. The van der Waals surface area contributed by atoms with Crippen molar-refractivity contribution in [2.45, 2.75) is 58.2 Å². The molecule has 0 radical (unpaired) electrons.